The molecule has 1 aliphatic heterocycles. The summed E-state index contributed by atoms with van der Waals surface area (Å²) < 4.78 is 0. The number of allylic oxidation sites excluding steroid dienone is 2. The zero-order chi connectivity index (χ0) is 14.4. The SMILES string of the molecule is CCCN(C(=O)CN1CCNC(=O)C1)C1=CCCCC1. The van der Waals surface area contributed by atoms with Crippen molar-refractivity contribution in [1.82, 2.24) is 15.1 Å². The second-order valence-corrected chi connectivity index (χ2v) is 5.55. The number of piperazine rings is 1. The molecule has 112 valence electrons. The Morgan fingerprint density at radius 3 is 2.95 bits per heavy atom. The maximum Gasteiger partial charge on any atom is 0.240 e. The highest BCUT2D eigenvalue weighted by atomic mass is 16.2. The van der Waals surface area contributed by atoms with Crippen LogP contribution in [0.3, 0.4) is 0 Å². The molecule has 2 rings (SSSR count). The van der Waals surface area contributed by atoms with Crippen LogP contribution in [0.5, 0.6) is 0 Å². The molecule has 5 heteroatoms. The number of amides is 2. The summed E-state index contributed by atoms with van der Waals surface area (Å²) in [5.41, 5.74) is 1.18. The van der Waals surface area contributed by atoms with Crippen LogP contribution in [-0.2, 0) is 9.59 Å². The smallest absolute Gasteiger partial charge is 0.240 e. The minimum atomic E-state index is 0.0166. The Morgan fingerprint density at radius 1 is 1.45 bits per heavy atom. The summed E-state index contributed by atoms with van der Waals surface area (Å²) in [6.07, 6.45) is 7.65. The topological polar surface area (TPSA) is 52.7 Å². The van der Waals surface area contributed by atoms with Gasteiger partial charge in [0, 0.05) is 25.3 Å². The van der Waals surface area contributed by atoms with Crippen LogP contribution in [0.2, 0.25) is 0 Å². The predicted octanol–water partition coefficient (Wildman–Crippen LogP) is 1.11. The van der Waals surface area contributed by atoms with Crippen LogP contribution < -0.4 is 5.32 Å². The first-order valence-corrected chi connectivity index (χ1v) is 7.69. The van der Waals surface area contributed by atoms with Gasteiger partial charge >= 0.3 is 0 Å². The van der Waals surface area contributed by atoms with Crippen LogP contribution in [0.15, 0.2) is 11.8 Å². The van der Waals surface area contributed by atoms with E-state index in [-0.39, 0.29) is 11.8 Å². The number of nitrogens with one attached hydrogen (secondary N) is 1. The Bertz CT molecular complexity index is 393. The van der Waals surface area contributed by atoms with Crippen LogP contribution in [0, 0.1) is 0 Å². The number of carbonyl (C=O) groups is 2. The van der Waals surface area contributed by atoms with Crippen LogP contribution in [0.4, 0.5) is 0 Å². The molecule has 0 radical (unpaired) electrons. The second-order valence-electron chi connectivity index (χ2n) is 5.55. The molecule has 1 aliphatic carbocycles. The van der Waals surface area contributed by atoms with Gasteiger partial charge in [-0.2, -0.15) is 0 Å². The zero-order valence-electron chi connectivity index (χ0n) is 12.4. The predicted molar refractivity (Wildman–Crippen MR) is 78.0 cm³/mol. The summed E-state index contributed by atoms with van der Waals surface area (Å²) >= 11 is 0. The highest BCUT2D eigenvalue weighted by Gasteiger charge is 2.23. The molecule has 0 aromatic rings. The number of hydrogen-bond acceptors (Lipinski definition) is 3. The van der Waals surface area contributed by atoms with Gasteiger partial charge in [-0.1, -0.05) is 13.0 Å². The van der Waals surface area contributed by atoms with Gasteiger partial charge in [-0.05, 0) is 32.1 Å². The average Bonchev–Trinajstić information content (AvgIpc) is 2.45. The quantitative estimate of drug-likeness (QED) is 0.820. The fraction of sp³-hybridized carbons (Fsp3) is 0.733. The molecule has 1 saturated heterocycles. The lowest BCUT2D eigenvalue weighted by atomic mass is 10.0. The van der Waals surface area contributed by atoms with Gasteiger partial charge in [-0.3, -0.25) is 14.5 Å². The standard InChI is InChI=1S/C15H25N3O2/c1-2-9-18(13-6-4-3-5-7-13)15(20)12-17-10-8-16-14(19)11-17/h6H,2-5,7-12H2,1H3,(H,16,19). The van der Waals surface area contributed by atoms with E-state index in [1.54, 1.807) is 0 Å². The number of nitrogens with zero attached hydrogens (tertiary/aromatic N) is 2. The van der Waals surface area contributed by atoms with Gasteiger partial charge in [0.2, 0.25) is 11.8 Å². The minimum Gasteiger partial charge on any atom is -0.354 e. The zero-order valence-corrected chi connectivity index (χ0v) is 12.4. The molecule has 0 aromatic carbocycles. The molecule has 5 nitrogen and oxygen atoms in total. The van der Waals surface area contributed by atoms with E-state index in [9.17, 15) is 9.59 Å². The van der Waals surface area contributed by atoms with E-state index in [1.165, 1.54) is 18.5 Å². The van der Waals surface area contributed by atoms with E-state index in [0.29, 0.717) is 19.6 Å². The molecule has 20 heavy (non-hydrogen) atoms. The minimum absolute atomic E-state index is 0.0166. The molecule has 0 bridgehead atoms. The van der Waals surface area contributed by atoms with Gasteiger partial charge in [0.1, 0.15) is 0 Å². The molecular weight excluding hydrogens is 254 g/mol. The van der Waals surface area contributed by atoms with Crippen molar-refractivity contribution in [3.05, 3.63) is 11.8 Å². The fourth-order valence-electron chi connectivity index (χ4n) is 2.82. The van der Waals surface area contributed by atoms with Crippen LogP contribution >= 0.6 is 0 Å². The molecule has 0 atom stereocenters. The lowest BCUT2D eigenvalue weighted by molar-refractivity contribution is -0.132. The molecule has 2 aliphatic rings. The third-order valence-electron chi connectivity index (χ3n) is 3.84. The lowest BCUT2D eigenvalue weighted by Crippen LogP contribution is -2.51. The van der Waals surface area contributed by atoms with Crippen molar-refractivity contribution in [2.45, 2.75) is 39.0 Å². The maximum absolute atomic E-state index is 12.5. The van der Waals surface area contributed by atoms with Gasteiger partial charge in [-0.25, -0.2) is 0 Å². The van der Waals surface area contributed by atoms with Crippen LogP contribution in [0.1, 0.15) is 39.0 Å². The molecule has 1 N–H and O–H groups in total. The molecule has 1 heterocycles. The summed E-state index contributed by atoms with van der Waals surface area (Å²) in [4.78, 5) is 27.8. The monoisotopic (exact) mass is 279 g/mol. The van der Waals surface area contributed by atoms with Crippen molar-refractivity contribution in [1.29, 1.82) is 0 Å². The van der Waals surface area contributed by atoms with Crippen molar-refractivity contribution in [2.24, 2.45) is 0 Å². The van der Waals surface area contributed by atoms with E-state index in [1.807, 2.05) is 9.80 Å². The van der Waals surface area contributed by atoms with E-state index < -0.39 is 0 Å². The summed E-state index contributed by atoms with van der Waals surface area (Å²) in [7, 11) is 0. The van der Waals surface area contributed by atoms with Crippen molar-refractivity contribution >= 4 is 11.8 Å². The maximum atomic E-state index is 12.5. The number of hydrogen-bond donors (Lipinski definition) is 1. The van der Waals surface area contributed by atoms with Crippen molar-refractivity contribution in [3.63, 3.8) is 0 Å². The third kappa shape index (κ3) is 4.07. The summed E-state index contributed by atoms with van der Waals surface area (Å²) in [5, 5.41) is 2.79. The van der Waals surface area contributed by atoms with Crippen molar-refractivity contribution < 1.29 is 9.59 Å². The van der Waals surface area contributed by atoms with Crippen molar-refractivity contribution in [3.8, 4) is 0 Å². The Kier molecular flexibility index (Phi) is 5.59. The molecule has 0 saturated carbocycles. The normalized spacial score (nSPS) is 20.2. The summed E-state index contributed by atoms with van der Waals surface area (Å²) in [6, 6.07) is 0. The van der Waals surface area contributed by atoms with Gasteiger partial charge in [0.15, 0.2) is 0 Å². The van der Waals surface area contributed by atoms with Gasteiger partial charge in [-0.15, -0.1) is 0 Å². The summed E-state index contributed by atoms with van der Waals surface area (Å²) in [6.45, 7) is 4.97. The van der Waals surface area contributed by atoms with Crippen molar-refractivity contribution in [2.75, 3.05) is 32.7 Å². The molecule has 2 amide bonds. The Hall–Kier alpha value is -1.36. The molecular formula is C15H25N3O2. The van der Waals surface area contributed by atoms with E-state index in [0.717, 1.165) is 32.4 Å². The first-order chi connectivity index (χ1) is 9.70. The van der Waals surface area contributed by atoms with Gasteiger partial charge in [0.05, 0.1) is 13.1 Å². The highest BCUT2D eigenvalue weighted by molar-refractivity contribution is 5.82. The Morgan fingerprint density at radius 2 is 2.30 bits per heavy atom. The number of carbonyl (C=O) groups excluding carboxylic acids is 2. The third-order valence-corrected chi connectivity index (χ3v) is 3.84. The molecule has 0 spiro atoms. The largest absolute Gasteiger partial charge is 0.354 e. The first-order valence-electron chi connectivity index (χ1n) is 7.69. The van der Waals surface area contributed by atoms with Crippen LogP contribution in [0.25, 0.3) is 0 Å². The fourth-order valence-corrected chi connectivity index (χ4v) is 2.82. The summed E-state index contributed by atoms with van der Waals surface area (Å²) in [5.74, 6) is 0.151. The van der Waals surface area contributed by atoms with Crippen LogP contribution in [-0.4, -0.2) is 54.3 Å². The van der Waals surface area contributed by atoms with Gasteiger partial charge in [0.25, 0.3) is 0 Å². The molecule has 1 fully saturated rings. The number of rotatable bonds is 5. The second kappa shape index (κ2) is 7.43. The Labute approximate surface area is 121 Å². The van der Waals surface area contributed by atoms with E-state index in [4.69, 9.17) is 0 Å². The van der Waals surface area contributed by atoms with E-state index in [2.05, 4.69) is 18.3 Å². The van der Waals surface area contributed by atoms with Gasteiger partial charge < -0.3 is 10.2 Å². The van der Waals surface area contributed by atoms with E-state index >= 15 is 0 Å². The molecule has 0 unspecified atom stereocenters. The highest BCUT2D eigenvalue weighted by Crippen LogP contribution is 2.21. The molecule has 0 aromatic heterocycles. The average molecular weight is 279 g/mol. The first kappa shape index (κ1) is 15.0. The Balaban J connectivity index is 1.95. The lowest BCUT2D eigenvalue weighted by Gasteiger charge is -2.31.